The van der Waals surface area contributed by atoms with Crippen molar-refractivity contribution in [1.82, 2.24) is 10.2 Å². The highest BCUT2D eigenvalue weighted by atomic mass is 35.5. The predicted octanol–water partition coefficient (Wildman–Crippen LogP) is 1.49. The number of anilines is 1. The smallest absolute Gasteiger partial charge is 0.238 e. The maximum Gasteiger partial charge on any atom is 0.238 e. The standard InChI is InChI=1S/C14H18ClN3O2/c1-18-9-12(6-7-14(18)20)16-8-13(19)17-11-4-2-10(15)3-5-11/h2-5,12,16H,6-9H2,1H3,(H,17,19). The highest BCUT2D eigenvalue weighted by Crippen LogP contribution is 2.13. The van der Waals surface area contributed by atoms with Gasteiger partial charge in [-0.2, -0.15) is 0 Å². The summed E-state index contributed by atoms with van der Waals surface area (Å²) in [6.07, 6.45) is 1.31. The maximum atomic E-state index is 11.8. The molecule has 0 saturated carbocycles. The molecular formula is C14H18ClN3O2. The Balaban J connectivity index is 1.75. The van der Waals surface area contributed by atoms with E-state index in [-0.39, 0.29) is 24.4 Å². The van der Waals surface area contributed by atoms with E-state index in [2.05, 4.69) is 10.6 Å². The number of hydrogen-bond acceptors (Lipinski definition) is 3. The fraction of sp³-hybridized carbons (Fsp3) is 0.429. The van der Waals surface area contributed by atoms with Gasteiger partial charge in [-0.05, 0) is 30.7 Å². The number of carbonyl (C=O) groups is 2. The van der Waals surface area contributed by atoms with Crippen LogP contribution in [0.5, 0.6) is 0 Å². The molecule has 1 aliphatic heterocycles. The molecule has 5 nitrogen and oxygen atoms in total. The monoisotopic (exact) mass is 295 g/mol. The van der Waals surface area contributed by atoms with Gasteiger partial charge in [0.25, 0.3) is 0 Å². The average Bonchev–Trinajstić information content (AvgIpc) is 2.43. The minimum Gasteiger partial charge on any atom is -0.344 e. The lowest BCUT2D eigenvalue weighted by molar-refractivity contribution is -0.132. The summed E-state index contributed by atoms with van der Waals surface area (Å²) in [5, 5.41) is 6.60. The van der Waals surface area contributed by atoms with Gasteiger partial charge in [0, 0.05) is 36.8 Å². The molecule has 0 spiro atoms. The number of likely N-dealkylation sites (N-methyl/N-ethyl adjacent to an activating group) is 1. The molecule has 2 N–H and O–H groups in total. The third-order valence-electron chi connectivity index (χ3n) is 3.31. The SMILES string of the molecule is CN1CC(NCC(=O)Nc2ccc(Cl)cc2)CCC1=O. The summed E-state index contributed by atoms with van der Waals surface area (Å²) in [4.78, 5) is 24.8. The third kappa shape index (κ3) is 4.21. The van der Waals surface area contributed by atoms with Crippen molar-refractivity contribution in [1.29, 1.82) is 0 Å². The Morgan fingerprint density at radius 3 is 2.75 bits per heavy atom. The van der Waals surface area contributed by atoms with Gasteiger partial charge >= 0.3 is 0 Å². The molecule has 108 valence electrons. The fourth-order valence-electron chi connectivity index (χ4n) is 2.15. The van der Waals surface area contributed by atoms with E-state index < -0.39 is 0 Å². The van der Waals surface area contributed by atoms with Crippen LogP contribution in [0.4, 0.5) is 5.69 Å². The Labute approximate surface area is 123 Å². The first-order valence-electron chi connectivity index (χ1n) is 6.57. The lowest BCUT2D eigenvalue weighted by Crippen LogP contribution is -2.48. The number of piperidine rings is 1. The van der Waals surface area contributed by atoms with E-state index in [0.29, 0.717) is 18.0 Å². The van der Waals surface area contributed by atoms with Crippen molar-refractivity contribution in [2.24, 2.45) is 0 Å². The quantitative estimate of drug-likeness (QED) is 0.885. The summed E-state index contributed by atoms with van der Waals surface area (Å²) < 4.78 is 0. The van der Waals surface area contributed by atoms with Crippen LogP contribution in [0.25, 0.3) is 0 Å². The van der Waals surface area contributed by atoms with Crippen LogP contribution in [0.3, 0.4) is 0 Å². The number of rotatable bonds is 4. The Morgan fingerprint density at radius 2 is 2.10 bits per heavy atom. The minimum absolute atomic E-state index is 0.105. The molecule has 20 heavy (non-hydrogen) atoms. The Kier molecular flexibility index (Phi) is 4.98. The van der Waals surface area contributed by atoms with Crippen LogP contribution in [0.15, 0.2) is 24.3 Å². The summed E-state index contributed by atoms with van der Waals surface area (Å²) in [6, 6.07) is 7.15. The zero-order valence-electron chi connectivity index (χ0n) is 11.4. The van der Waals surface area contributed by atoms with Crippen LogP contribution < -0.4 is 10.6 Å². The molecule has 1 atom stereocenters. The second-order valence-corrected chi connectivity index (χ2v) is 5.38. The largest absolute Gasteiger partial charge is 0.344 e. The Bertz CT molecular complexity index is 490. The predicted molar refractivity (Wildman–Crippen MR) is 78.7 cm³/mol. The number of nitrogens with one attached hydrogen (secondary N) is 2. The number of benzene rings is 1. The summed E-state index contributed by atoms with van der Waals surface area (Å²) in [5.74, 6) is 0.0561. The number of carbonyl (C=O) groups excluding carboxylic acids is 2. The van der Waals surface area contributed by atoms with Crippen molar-refractivity contribution in [3.05, 3.63) is 29.3 Å². The van der Waals surface area contributed by atoms with Gasteiger partial charge in [0.1, 0.15) is 0 Å². The van der Waals surface area contributed by atoms with Gasteiger partial charge in [-0.1, -0.05) is 11.6 Å². The molecule has 1 aromatic rings. The molecule has 0 aromatic heterocycles. The molecule has 2 rings (SSSR count). The van der Waals surface area contributed by atoms with Crippen molar-refractivity contribution in [2.45, 2.75) is 18.9 Å². The maximum absolute atomic E-state index is 11.8. The molecule has 0 bridgehead atoms. The Hall–Kier alpha value is -1.59. The summed E-state index contributed by atoms with van der Waals surface area (Å²) in [7, 11) is 1.78. The van der Waals surface area contributed by atoms with E-state index in [1.165, 1.54) is 0 Å². The molecule has 0 aliphatic carbocycles. The third-order valence-corrected chi connectivity index (χ3v) is 3.56. The fourth-order valence-corrected chi connectivity index (χ4v) is 2.28. The Morgan fingerprint density at radius 1 is 1.40 bits per heavy atom. The number of likely N-dealkylation sites (tertiary alicyclic amines) is 1. The summed E-state index contributed by atoms with van der Waals surface area (Å²) >= 11 is 5.78. The first-order valence-corrected chi connectivity index (χ1v) is 6.95. The zero-order chi connectivity index (χ0) is 14.5. The molecule has 1 saturated heterocycles. The minimum atomic E-state index is -0.105. The van der Waals surface area contributed by atoms with Crippen LogP contribution in [0, 0.1) is 0 Å². The van der Waals surface area contributed by atoms with Gasteiger partial charge in [0.15, 0.2) is 0 Å². The van der Waals surface area contributed by atoms with Gasteiger partial charge in [0.05, 0.1) is 6.54 Å². The molecule has 0 radical (unpaired) electrons. The van der Waals surface area contributed by atoms with E-state index in [0.717, 1.165) is 12.1 Å². The van der Waals surface area contributed by atoms with Gasteiger partial charge in [-0.25, -0.2) is 0 Å². The van der Waals surface area contributed by atoms with Gasteiger partial charge in [-0.3, -0.25) is 9.59 Å². The molecule has 2 amide bonds. The number of hydrogen-bond donors (Lipinski definition) is 2. The van der Waals surface area contributed by atoms with E-state index in [4.69, 9.17) is 11.6 Å². The van der Waals surface area contributed by atoms with Crippen LogP contribution in [-0.2, 0) is 9.59 Å². The lowest BCUT2D eigenvalue weighted by Gasteiger charge is -2.30. The number of nitrogens with zero attached hydrogens (tertiary/aromatic N) is 1. The first kappa shape index (κ1) is 14.8. The molecule has 1 aliphatic rings. The molecule has 1 fully saturated rings. The molecule has 1 heterocycles. The van der Waals surface area contributed by atoms with E-state index >= 15 is 0 Å². The van der Waals surface area contributed by atoms with Crippen LogP contribution in [-0.4, -0.2) is 42.9 Å². The highest BCUT2D eigenvalue weighted by molar-refractivity contribution is 6.30. The number of halogens is 1. The van der Waals surface area contributed by atoms with Gasteiger partial charge in [-0.15, -0.1) is 0 Å². The zero-order valence-corrected chi connectivity index (χ0v) is 12.1. The molecule has 1 aromatic carbocycles. The van der Waals surface area contributed by atoms with Crippen molar-refractivity contribution < 1.29 is 9.59 Å². The van der Waals surface area contributed by atoms with Crippen molar-refractivity contribution in [3.8, 4) is 0 Å². The lowest BCUT2D eigenvalue weighted by atomic mass is 10.1. The molecular weight excluding hydrogens is 278 g/mol. The van der Waals surface area contributed by atoms with Crippen molar-refractivity contribution in [3.63, 3.8) is 0 Å². The molecule has 6 heteroatoms. The van der Waals surface area contributed by atoms with Crippen LogP contribution in [0.1, 0.15) is 12.8 Å². The highest BCUT2D eigenvalue weighted by Gasteiger charge is 2.22. The average molecular weight is 296 g/mol. The second-order valence-electron chi connectivity index (χ2n) is 4.95. The summed E-state index contributed by atoms with van der Waals surface area (Å²) in [5.41, 5.74) is 0.720. The topological polar surface area (TPSA) is 61.4 Å². The van der Waals surface area contributed by atoms with Crippen LogP contribution in [0.2, 0.25) is 5.02 Å². The normalized spacial score (nSPS) is 19.0. The molecule has 1 unspecified atom stereocenters. The van der Waals surface area contributed by atoms with E-state index in [9.17, 15) is 9.59 Å². The van der Waals surface area contributed by atoms with Crippen molar-refractivity contribution >= 4 is 29.1 Å². The first-order chi connectivity index (χ1) is 9.54. The second kappa shape index (κ2) is 6.72. The van der Waals surface area contributed by atoms with E-state index in [1.807, 2.05) is 0 Å². The van der Waals surface area contributed by atoms with Crippen molar-refractivity contribution in [2.75, 3.05) is 25.5 Å². The number of amides is 2. The van der Waals surface area contributed by atoms with E-state index in [1.54, 1.807) is 36.2 Å². The van der Waals surface area contributed by atoms with Gasteiger partial charge in [0.2, 0.25) is 11.8 Å². The summed E-state index contributed by atoms with van der Waals surface area (Å²) in [6.45, 7) is 0.877. The van der Waals surface area contributed by atoms with Crippen LogP contribution >= 0.6 is 11.6 Å². The van der Waals surface area contributed by atoms with Gasteiger partial charge < -0.3 is 15.5 Å².